The van der Waals surface area contributed by atoms with Gasteiger partial charge in [-0.2, -0.15) is 20.3 Å². The van der Waals surface area contributed by atoms with Gasteiger partial charge in [-0.1, -0.05) is 0 Å². The van der Waals surface area contributed by atoms with E-state index in [2.05, 4.69) is 41.4 Å². The Kier molecular flexibility index (Phi) is 7.90. The second kappa shape index (κ2) is 11.4. The highest BCUT2D eigenvalue weighted by molar-refractivity contribution is 7.89. The van der Waals surface area contributed by atoms with Crippen molar-refractivity contribution in [2.75, 3.05) is 41.4 Å². The summed E-state index contributed by atoms with van der Waals surface area (Å²) >= 11 is 0. The van der Waals surface area contributed by atoms with E-state index in [1.165, 1.54) is 0 Å². The third kappa shape index (κ3) is 6.77. The number of aromatic amines is 1. The quantitative estimate of drug-likeness (QED) is 0.355. The van der Waals surface area contributed by atoms with Crippen molar-refractivity contribution < 1.29 is 13.2 Å². The highest BCUT2D eigenvalue weighted by Gasteiger charge is 2.40. The van der Waals surface area contributed by atoms with Crippen LogP contribution in [0.2, 0.25) is 0 Å². The molecule has 0 saturated carbocycles. The number of piperidine rings is 2. The number of fused-ring (bicyclic) bond motifs is 2. The Morgan fingerprint density at radius 1 is 1.13 bits per heavy atom. The Labute approximate surface area is 228 Å². The van der Waals surface area contributed by atoms with Crippen molar-refractivity contribution in [1.29, 1.82) is 5.26 Å². The maximum Gasteiger partial charge on any atom is 0.236 e. The fraction of sp³-hybridized carbons (Fsp3) is 0.640. The molecule has 4 N–H and O–H groups in total. The Bertz CT molecular complexity index is 1320. The van der Waals surface area contributed by atoms with E-state index < -0.39 is 15.9 Å². The number of carbonyl (C=O) groups is 1. The molecule has 3 aliphatic heterocycles. The molecule has 3 atom stereocenters. The largest absolute Gasteiger partial charge is 0.356 e. The van der Waals surface area contributed by atoms with Crippen molar-refractivity contribution >= 4 is 39.3 Å². The second-order valence-corrected chi connectivity index (χ2v) is 12.6. The molecule has 210 valence electrons. The first kappa shape index (κ1) is 27.1. The number of anilines is 4. The van der Waals surface area contributed by atoms with Crippen molar-refractivity contribution in [2.45, 2.75) is 70.0 Å². The van der Waals surface area contributed by atoms with Gasteiger partial charge in [-0.05, 0) is 45.4 Å². The van der Waals surface area contributed by atoms with Gasteiger partial charge in [0.25, 0.3) is 0 Å². The van der Waals surface area contributed by atoms with E-state index >= 15 is 0 Å². The lowest BCUT2D eigenvalue weighted by Gasteiger charge is -2.39. The molecular formula is C25H36N10O3S. The number of nitrogens with zero attached hydrogens (tertiary/aromatic N) is 6. The predicted octanol–water partition coefficient (Wildman–Crippen LogP) is 1.86. The van der Waals surface area contributed by atoms with Crippen LogP contribution in [0.5, 0.6) is 0 Å². The van der Waals surface area contributed by atoms with Crippen molar-refractivity contribution in [3.05, 3.63) is 17.8 Å². The maximum absolute atomic E-state index is 12.3. The van der Waals surface area contributed by atoms with Gasteiger partial charge >= 0.3 is 0 Å². The van der Waals surface area contributed by atoms with Gasteiger partial charge in [-0.3, -0.25) is 19.5 Å². The van der Waals surface area contributed by atoms with Crippen LogP contribution in [0, 0.1) is 24.2 Å². The standard InChI is InChI=1S/C25H36N10O3S/c1-16-12-22(32-31-16)28-21-15-23(34-10-6-17(7-11-34)24(36)33-39(2,37)38)30-25(29-21)27-18-13-19-4-5-20(14-18)35(19)9-3-8-26/h12,15,17-20H,3-7,9-11,13-14H2,1-2H3,(H,33,36)(H3,27,28,29,30,31,32)/t18-,19-,20+. The van der Waals surface area contributed by atoms with E-state index in [0.717, 1.165) is 50.0 Å². The number of sulfonamides is 1. The van der Waals surface area contributed by atoms with Crippen LogP contribution in [0.1, 0.15) is 50.6 Å². The normalized spacial score (nSPS) is 23.8. The van der Waals surface area contributed by atoms with E-state index in [-0.39, 0.29) is 12.0 Å². The van der Waals surface area contributed by atoms with E-state index in [4.69, 9.17) is 15.2 Å². The van der Waals surface area contributed by atoms with Gasteiger partial charge in [0, 0.05) is 67.9 Å². The molecule has 1 amide bonds. The molecule has 0 aliphatic carbocycles. The molecule has 0 radical (unpaired) electrons. The summed E-state index contributed by atoms with van der Waals surface area (Å²) in [6.07, 6.45) is 6.89. The summed E-state index contributed by atoms with van der Waals surface area (Å²) in [6, 6.07) is 7.23. The topological polar surface area (TPSA) is 172 Å². The summed E-state index contributed by atoms with van der Waals surface area (Å²) in [5, 5.41) is 23.1. The number of nitrogens with one attached hydrogen (secondary N) is 4. The summed E-state index contributed by atoms with van der Waals surface area (Å²) in [5.74, 6) is 1.73. The van der Waals surface area contributed by atoms with Crippen molar-refractivity contribution in [3.8, 4) is 6.07 Å². The monoisotopic (exact) mass is 556 g/mol. The lowest BCUT2D eigenvalue weighted by molar-refractivity contribution is -0.123. The van der Waals surface area contributed by atoms with Crippen molar-refractivity contribution in [2.24, 2.45) is 5.92 Å². The highest BCUT2D eigenvalue weighted by atomic mass is 32.2. The first-order valence-corrected chi connectivity index (χ1v) is 15.4. The SMILES string of the molecule is Cc1cc(Nc2cc(N3CCC(C(=O)NS(C)(=O)=O)CC3)nc(N[C@@H]3C[C@H]4CC[C@@H](C3)N4CCC#N)n2)n[nH]1. The van der Waals surface area contributed by atoms with Gasteiger partial charge in [0.2, 0.25) is 21.9 Å². The van der Waals surface area contributed by atoms with Crippen molar-refractivity contribution in [3.63, 3.8) is 0 Å². The number of hydrogen-bond acceptors (Lipinski definition) is 11. The Morgan fingerprint density at radius 2 is 1.85 bits per heavy atom. The van der Waals surface area contributed by atoms with Crippen LogP contribution in [0.25, 0.3) is 0 Å². The predicted molar refractivity (Wildman–Crippen MR) is 147 cm³/mol. The fourth-order valence-corrected chi connectivity index (χ4v) is 6.63. The van der Waals surface area contributed by atoms with Gasteiger partial charge in [0.15, 0.2) is 5.82 Å². The van der Waals surface area contributed by atoms with Gasteiger partial charge in [-0.25, -0.2) is 8.42 Å². The molecule has 2 aromatic rings. The van der Waals surface area contributed by atoms with Crippen LogP contribution in [-0.2, 0) is 14.8 Å². The summed E-state index contributed by atoms with van der Waals surface area (Å²) in [5.41, 5.74) is 0.929. The number of amides is 1. The lowest BCUT2D eigenvalue weighted by atomic mass is 9.96. The minimum absolute atomic E-state index is 0.238. The molecule has 39 heavy (non-hydrogen) atoms. The number of hydrogen-bond donors (Lipinski definition) is 4. The molecular weight excluding hydrogens is 520 g/mol. The first-order valence-electron chi connectivity index (χ1n) is 13.5. The van der Waals surface area contributed by atoms with Crippen LogP contribution in [0.3, 0.4) is 0 Å². The maximum atomic E-state index is 12.3. The molecule has 2 bridgehead atoms. The Morgan fingerprint density at radius 3 is 2.46 bits per heavy atom. The van der Waals surface area contributed by atoms with Crippen LogP contribution < -0.4 is 20.3 Å². The van der Waals surface area contributed by atoms with Gasteiger partial charge in [-0.15, -0.1) is 0 Å². The average molecular weight is 557 g/mol. The van der Waals surface area contributed by atoms with E-state index in [1.54, 1.807) is 0 Å². The Balaban J connectivity index is 1.30. The number of carbonyl (C=O) groups excluding carboxylic acids is 1. The van der Waals surface area contributed by atoms with Crippen LogP contribution in [-0.4, -0.2) is 83.4 Å². The molecule has 0 unspecified atom stereocenters. The Hall–Kier alpha value is -3.44. The number of aryl methyl sites for hydroxylation is 1. The highest BCUT2D eigenvalue weighted by Crippen LogP contribution is 2.37. The molecule has 0 spiro atoms. The van der Waals surface area contributed by atoms with Crippen LogP contribution in [0.4, 0.5) is 23.4 Å². The minimum atomic E-state index is -3.58. The van der Waals surface area contributed by atoms with Crippen LogP contribution in [0.15, 0.2) is 12.1 Å². The zero-order chi connectivity index (χ0) is 27.6. The van der Waals surface area contributed by atoms with E-state index in [9.17, 15) is 13.2 Å². The summed E-state index contributed by atoms with van der Waals surface area (Å²) in [4.78, 5) is 26.5. The molecule has 3 aliphatic rings. The number of nitriles is 1. The lowest BCUT2D eigenvalue weighted by Crippen LogP contribution is -2.47. The third-order valence-electron chi connectivity index (χ3n) is 7.85. The molecule has 5 heterocycles. The molecule has 13 nitrogen and oxygen atoms in total. The van der Waals surface area contributed by atoms with Crippen molar-refractivity contribution in [1.82, 2.24) is 29.8 Å². The number of H-pyrrole nitrogens is 1. The molecule has 0 aromatic carbocycles. The minimum Gasteiger partial charge on any atom is -0.356 e. The third-order valence-corrected chi connectivity index (χ3v) is 8.42. The molecule has 2 aromatic heterocycles. The number of aromatic nitrogens is 4. The summed E-state index contributed by atoms with van der Waals surface area (Å²) in [6.45, 7) is 3.90. The zero-order valence-corrected chi connectivity index (χ0v) is 23.2. The van der Waals surface area contributed by atoms with Gasteiger partial charge in [0.05, 0.1) is 12.3 Å². The second-order valence-electron chi connectivity index (χ2n) is 10.8. The zero-order valence-electron chi connectivity index (χ0n) is 22.4. The van der Waals surface area contributed by atoms with Gasteiger partial charge in [0.1, 0.15) is 11.6 Å². The summed E-state index contributed by atoms with van der Waals surface area (Å²) in [7, 11) is -3.58. The molecule has 5 rings (SSSR count). The molecule has 3 saturated heterocycles. The number of rotatable bonds is 9. The van der Waals surface area contributed by atoms with E-state index in [1.807, 2.05) is 19.1 Å². The molecule has 14 heteroatoms. The average Bonchev–Trinajstić information content (AvgIpc) is 3.39. The van der Waals surface area contributed by atoms with Crippen LogP contribution >= 0.6 is 0 Å². The smallest absolute Gasteiger partial charge is 0.236 e. The fourth-order valence-electron chi connectivity index (χ4n) is 6.09. The van der Waals surface area contributed by atoms with Gasteiger partial charge < -0.3 is 15.5 Å². The first-order chi connectivity index (χ1) is 18.7. The van der Waals surface area contributed by atoms with E-state index in [0.29, 0.717) is 62.0 Å². The molecule has 3 fully saturated rings. The summed E-state index contributed by atoms with van der Waals surface area (Å²) < 4.78 is 25.0.